The molecule has 13 heteroatoms. The average Bonchev–Trinajstić information content (AvgIpc) is 2.86. The molecule has 6 nitrogen and oxygen atoms in total. The molecule has 2 fully saturated rings. The van der Waals surface area contributed by atoms with Crippen molar-refractivity contribution in [3.05, 3.63) is 58.7 Å². The third-order valence-corrected chi connectivity index (χ3v) is 6.72. The molecule has 210 valence electrons. The van der Waals surface area contributed by atoms with Crippen molar-refractivity contribution in [2.75, 3.05) is 31.1 Å². The van der Waals surface area contributed by atoms with Crippen molar-refractivity contribution in [1.29, 1.82) is 0 Å². The van der Waals surface area contributed by atoms with Gasteiger partial charge in [-0.2, -0.15) is 26.3 Å². The number of morpholine rings is 1. The Morgan fingerprint density at radius 3 is 2.26 bits per heavy atom. The molecule has 0 unspecified atom stereocenters. The van der Waals surface area contributed by atoms with Crippen LogP contribution >= 0.6 is 11.6 Å². The van der Waals surface area contributed by atoms with Gasteiger partial charge in [0.15, 0.2) is 0 Å². The van der Waals surface area contributed by atoms with Gasteiger partial charge in [-0.05, 0) is 56.0 Å². The minimum Gasteiger partial charge on any atom is -0.475 e. The van der Waals surface area contributed by atoms with E-state index in [9.17, 15) is 26.3 Å². The maximum absolute atomic E-state index is 13.0. The maximum Gasteiger partial charge on any atom is 0.490 e. The number of nitrogens with zero attached hydrogens (tertiary/aromatic N) is 3. The number of hydrogen-bond acceptors (Lipinski definition) is 5. The normalized spacial score (nSPS) is 21.5. The number of hydrogen-bond donors (Lipinski definition) is 1. The minimum absolute atomic E-state index is 0.171. The highest BCUT2D eigenvalue weighted by Crippen LogP contribution is 2.32. The molecule has 3 heterocycles. The SMILES string of the molecule is C[C@H]1CN(C2CCN(c3cc(C(F)(F)F)ccn3)CC2)[C@@H](Cc2ccc(Cl)cc2)CO1.O=C(O)C(F)(F)F. The number of aliphatic carboxylic acids is 1. The number of anilines is 1. The number of rotatable bonds is 4. The highest BCUT2D eigenvalue weighted by Gasteiger charge is 2.38. The van der Waals surface area contributed by atoms with Gasteiger partial charge in [0, 0.05) is 42.9 Å². The highest BCUT2D eigenvalue weighted by atomic mass is 35.5. The third-order valence-electron chi connectivity index (χ3n) is 6.47. The monoisotopic (exact) mass is 567 g/mol. The number of carbonyl (C=O) groups is 1. The van der Waals surface area contributed by atoms with Gasteiger partial charge in [-0.3, -0.25) is 4.90 Å². The van der Waals surface area contributed by atoms with Crippen LogP contribution in [0.25, 0.3) is 0 Å². The van der Waals surface area contributed by atoms with Crippen LogP contribution in [0.3, 0.4) is 0 Å². The van der Waals surface area contributed by atoms with Gasteiger partial charge in [-0.1, -0.05) is 23.7 Å². The fourth-order valence-electron chi connectivity index (χ4n) is 4.58. The molecule has 4 rings (SSSR count). The fraction of sp³-hybridized carbons (Fsp3) is 0.520. The first-order valence-electron chi connectivity index (χ1n) is 11.9. The van der Waals surface area contributed by atoms with Gasteiger partial charge in [-0.25, -0.2) is 9.78 Å². The molecule has 1 N–H and O–H groups in total. The fourth-order valence-corrected chi connectivity index (χ4v) is 4.71. The second-order valence-electron chi connectivity index (χ2n) is 9.25. The molecular weight excluding hydrogens is 540 g/mol. The summed E-state index contributed by atoms with van der Waals surface area (Å²) < 4.78 is 76.8. The Morgan fingerprint density at radius 2 is 1.71 bits per heavy atom. The van der Waals surface area contributed by atoms with Crippen molar-refractivity contribution in [3.8, 4) is 0 Å². The van der Waals surface area contributed by atoms with E-state index >= 15 is 0 Å². The Kier molecular flexibility index (Phi) is 9.88. The van der Waals surface area contributed by atoms with Gasteiger partial charge in [0.05, 0.1) is 18.3 Å². The molecule has 0 aliphatic carbocycles. The van der Waals surface area contributed by atoms with Gasteiger partial charge in [0.1, 0.15) is 5.82 Å². The van der Waals surface area contributed by atoms with Gasteiger partial charge >= 0.3 is 18.3 Å². The first-order chi connectivity index (χ1) is 17.7. The average molecular weight is 568 g/mol. The number of aromatic nitrogens is 1. The summed E-state index contributed by atoms with van der Waals surface area (Å²) in [6, 6.07) is 10.8. The largest absolute Gasteiger partial charge is 0.490 e. The zero-order valence-electron chi connectivity index (χ0n) is 20.5. The molecule has 0 saturated carbocycles. The van der Waals surface area contributed by atoms with Crippen LogP contribution in [-0.2, 0) is 22.1 Å². The summed E-state index contributed by atoms with van der Waals surface area (Å²) >= 11 is 6.02. The van der Waals surface area contributed by atoms with Crippen LogP contribution in [0.4, 0.5) is 32.2 Å². The van der Waals surface area contributed by atoms with E-state index in [1.54, 1.807) is 0 Å². The molecule has 1 aromatic carbocycles. The lowest BCUT2D eigenvalue weighted by molar-refractivity contribution is -0.192. The molecule has 2 atom stereocenters. The second kappa shape index (κ2) is 12.5. The quantitative estimate of drug-likeness (QED) is 0.479. The van der Waals surface area contributed by atoms with Gasteiger partial charge in [-0.15, -0.1) is 0 Å². The molecule has 2 aliphatic rings. The van der Waals surface area contributed by atoms with Crippen LogP contribution in [0.1, 0.15) is 30.9 Å². The Bertz CT molecular complexity index is 1060. The van der Waals surface area contributed by atoms with Crippen LogP contribution in [0, 0.1) is 0 Å². The number of ether oxygens (including phenoxy) is 1. The summed E-state index contributed by atoms with van der Waals surface area (Å²) in [5.41, 5.74) is 0.577. The Hall–Kier alpha value is -2.57. The predicted octanol–water partition coefficient (Wildman–Crippen LogP) is 5.69. The van der Waals surface area contributed by atoms with Crippen molar-refractivity contribution in [3.63, 3.8) is 0 Å². The zero-order valence-corrected chi connectivity index (χ0v) is 21.2. The molecule has 0 bridgehead atoms. The molecular formula is C25H28ClF6N3O3. The van der Waals surface area contributed by atoms with Crippen molar-refractivity contribution in [2.45, 2.75) is 56.7 Å². The molecule has 0 radical (unpaired) electrons. The summed E-state index contributed by atoms with van der Waals surface area (Å²) in [4.78, 5) is 17.6. The van der Waals surface area contributed by atoms with Crippen molar-refractivity contribution in [2.24, 2.45) is 0 Å². The first kappa shape index (κ1) is 30.0. The summed E-state index contributed by atoms with van der Waals surface area (Å²) in [5, 5.41) is 7.85. The zero-order chi connectivity index (χ0) is 28.1. The first-order valence-corrected chi connectivity index (χ1v) is 12.3. The van der Waals surface area contributed by atoms with Crippen molar-refractivity contribution >= 4 is 23.4 Å². The number of piperidine rings is 1. The Labute approximate surface area is 221 Å². The van der Waals surface area contributed by atoms with Gasteiger partial charge in [0.25, 0.3) is 0 Å². The Balaban J connectivity index is 0.000000505. The molecule has 0 spiro atoms. The van der Waals surface area contributed by atoms with Crippen LogP contribution in [-0.4, -0.2) is 71.6 Å². The van der Waals surface area contributed by atoms with Crippen molar-refractivity contribution < 1.29 is 41.0 Å². The number of carboxylic acids is 1. The molecule has 38 heavy (non-hydrogen) atoms. The summed E-state index contributed by atoms with van der Waals surface area (Å²) in [6.07, 6.45) is -5.35. The van der Waals surface area contributed by atoms with Gasteiger partial charge in [0.2, 0.25) is 0 Å². The third kappa shape index (κ3) is 8.47. The molecule has 1 aromatic heterocycles. The van der Waals surface area contributed by atoms with E-state index in [0.29, 0.717) is 31.6 Å². The van der Waals surface area contributed by atoms with Crippen LogP contribution < -0.4 is 4.90 Å². The van der Waals surface area contributed by atoms with E-state index in [1.165, 1.54) is 11.8 Å². The number of halogens is 7. The smallest absolute Gasteiger partial charge is 0.475 e. The van der Waals surface area contributed by atoms with Crippen LogP contribution in [0.2, 0.25) is 5.02 Å². The van der Waals surface area contributed by atoms with E-state index < -0.39 is 23.9 Å². The van der Waals surface area contributed by atoms with Gasteiger partial charge < -0.3 is 14.7 Å². The van der Waals surface area contributed by atoms with Crippen molar-refractivity contribution in [1.82, 2.24) is 9.88 Å². The molecule has 0 amide bonds. The number of alkyl halides is 6. The summed E-state index contributed by atoms with van der Waals surface area (Å²) in [5.74, 6) is -2.35. The van der Waals surface area contributed by atoms with Crippen LogP contribution in [0.15, 0.2) is 42.6 Å². The predicted molar refractivity (Wildman–Crippen MR) is 129 cm³/mol. The lowest BCUT2D eigenvalue weighted by Gasteiger charge is -2.46. The standard InChI is InChI=1S/C23H27ClF3N3O.C2HF3O2/c1-16-14-30(21(15-31-16)12-17-2-4-19(24)5-3-17)20-7-10-29(11-8-20)22-13-18(6-9-28-22)23(25,26)27;3-2(4,5)1(6)7/h2-6,9,13,16,20-21H,7-8,10-12,14-15H2,1H3;(H,6,7)/t16-,21-;/m0./s1. The topological polar surface area (TPSA) is 65.9 Å². The maximum atomic E-state index is 13.0. The van der Waals surface area contributed by atoms with E-state index in [4.69, 9.17) is 26.2 Å². The number of carboxylic acid groups (broad SMARTS) is 1. The lowest BCUT2D eigenvalue weighted by Crippen LogP contribution is -2.56. The summed E-state index contributed by atoms with van der Waals surface area (Å²) in [6.45, 7) is 5.02. The number of benzene rings is 1. The van der Waals surface area contributed by atoms with E-state index in [0.717, 1.165) is 43.0 Å². The van der Waals surface area contributed by atoms with Crippen LogP contribution in [0.5, 0.6) is 0 Å². The number of pyridine rings is 1. The second-order valence-corrected chi connectivity index (χ2v) is 9.68. The summed E-state index contributed by atoms with van der Waals surface area (Å²) in [7, 11) is 0. The molecule has 2 aromatic rings. The van der Waals surface area contributed by atoms with E-state index in [2.05, 4.69) is 28.9 Å². The lowest BCUT2D eigenvalue weighted by atomic mass is 9.96. The van der Waals surface area contributed by atoms with E-state index in [-0.39, 0.29) is 12.1 Å². The minimum atomic E-state index is -5.08. The molecule has 2 saturated heterocycles. The Morgan fingerprint density at radius 1 is 1.11 bits per heavy atom. The molecule has 2 aliphatic heterocycles. The highest BCUT2D eigenvalue weighted by molar-refractivity contribution is 6.30. The van der Waals surface area contributed by atoms with E-state index in [1.807, 2.05) is 17.0 Å².